The van der Waals surface area contributed by atoms with Crippen molar-refractivity contribution in [2.24, 2.45) is 0 Å². The van der Waals surface area contributed by atoms with Gasteiger partial charge in [0, 0.05) is 5.56 Å². The molecule has 2 aromatic carbocycles. The van der Waals surface area contributed by atoms with Gasteiger partial charge in [0.25, 0.3) is 0 Å². The van der Waals surface area contributed by atoms with Crippen LogP contribution >= 0.6 is 11.3 Å². The third-order valence-electron chi connectivity index (χ3n) is 2.55. The number of thiazole rings is 1. The number of para-hydroxylation sites is 1. The molecule has 3 rings (SSSR count). The zero-order valence-corrected chi connectivity index (χ0v) is 9.74. The second-order valence-corrected chi connectivity index (χ2v) is 4.71. The molecule has 0 fully saturated rings. The number of nitriles is 1. The van der Waals surface area contributed by atoms with Crippen molar-refractivity contribution in [3.05, 3.63) is 54.1 Å². The second kappa shape index (κ2) is 4.00. The molecule has 0 spiro atoms. The SMILES string of the molecule is N#Cc1ccc(-c2nc3ccccc3s2)cc1. The fourth-order valence-electron chi connectivity index (χ4n) is 1.68. The van der Waals surface area contributed by atoms with Gasteiger partial charge in [0.05, 0.1) is 21.8 Å². The van der Waals surface area contributed by atoms with Crippen LogP contribution in [0, 0.1) is 11.3 Å². The standard InChI is InChI=1S/C14H8N2S/c15-9-10-5-7-11(8-6-10)14-16-12-3-1-2-4-13(12)17-14/h1-8H. The van der Waals surface area contributed by atoms with Gasteiger partial charge in [-0.3, -0.25) is 0 Å². The van der Waals surface area contributed by atoms with E-state index in [0.29, 0.717) is 5.56 Å². The van der Waals surface area contributed by atoms with Crippen LogP contribution in [0.3, 0.4) is 0 Å². The highest BCUT2D eigenvalue weighted by Crippen LogP contribution is 2.29. The van der Waals surface area contributed by atoms with Gasteiger partial charge in [0.2, 0.25) is 0 Å². The molecule has 0 aliphatic heterocycles. The van der Waals surface area contributed by atoms with E-state index in [1.54, 1.807) is 11.3 Å². The van der Waals surface area contributed by atoms with Crippen LogP contribution in [0.25, 0.3) is 20.8 Å². The Morgan fingerprint density at radius 3 is 2.47 bits per heavy atom. The number of rotatable bonds is 1. The second-order valence-electron chi connectivity index (χ2n) is 3.68. The molecule has 0 bridgehead atoms. The first-order valence-electron chi connectivity index (χ1n) is 5.23. The smallest absolute Gasteiger partial charge is 0.124 e. The molecule has 0 aliphatic carbocycles. The Labute approximate surface area is 103 Å². The third kappa shape index (κ3) is 1.79. The summed E-state index contributed by atoms with van der Waals surface area (Å²) in [6, 6.07) is 17.7. The number of nitrogens with zero attached hydrogens (tertiary/aromatic N) is 2. The van der Waals surface area contributed by atoms with Crippen LogP contribution in [0.2, 0.25) is 0 Å². The average molecular weight is 236 g/mol. The molecule has 1 aromatic heterocycles. The van der Waals surface area contributed by atoms with Crippen molar-refractivity contribution in [1.29, 1.82) is 5.26 Å². The van der Waals surface area contributed by atoms with Crippen molar-refractivity contribution in [2.45, 2.75) is 0 Å². The molecular weight excluding hydrogens is 228 g/mol. The largest absolute Gasteiger partial charge is 0.236 e. The van der Waals surface area contributed by atoms with Crippen LogP contribution in [0.1, 0.15) is 5.56 Å². The Morgan fingerprint density at radius 2 is 1.76 bits per heavy atom. The van der Waals surface area contributed by atoms with Gasteiger partial charge < -0.3 is 0 Å². The molecule has 3 heteroatoms. The molecule has 0 radical (unpaired) electrons. The molecule has 0 saturated carbocycles. The molecule has 0 saturated heterocycles. The topological polar surface area (TPSA) is 36.7 Å². The van der Waals surface area contributed by atoms with Gasteiger partial charge in [-0.25, -0.2) is 4.98 Å². The summed E-state index contributed by atoms with van der Waals surface area (Å²) in [5.41, 5.74) is 2.76. The maximum Gasteiger partial charge on any atom is 0.124 e. The monoisotopic (exact) mass is 236 g/mol. The van der Waals surface area contributed by atoms with Crippen molar-refractivity contribution in [2.75, 3.05) is 0 Å². The van der Waals surface area contributed by atoms with E-state index >= 15 is 0 Å². The highest BCUT2D eigenvalue weighted by atomic mass is 32.1. The minimum absolute atomic E-state index is 0.676. The molecular formula is C14H8N2S. The minimum Gasteiger partial charge on any atom is -0.236 e. The summed E-state index contributed by atoms with van der Waals surface area (Å²) >= 11 is 1.67. The lowest BCUT2D eigenvalue weighted by atomic mass is 10.1. The van der Waals surface area contributed by atoms with Crippen molar-refractivity contribution in [1.82, 2.24) is 4.98 Å². The maximum atomic E-state index is 8.75. The zero-order valence-electron chi connectivity index (χ0n) is 8.92. The van der Waals surface area contributed by atoms with E-state index in [1.807, 2.05) is 42.5 Å². The average Bonchev–Trinajstić information content (AvgIpc) is 2.82. The number of aromatic nitrogens is 1. The molecule has 17 heavy (non-hydrogen) atoms. The van der Waals surface area contributed by atoms with Gasteiger partial charge in [-0.15, -0.1) is 11.3 Å². The van der Waals surface area contributed by atoms with E-state index in [9.17, 15) is 0 Å². The van der Waals surface area contributed by atoms with Crippen LogP contribution in [-0.2, 0) is 0 Å². The molecule has 3 aromatic rings. The molecule has 80 valence electrons. The van der Waals surface area contributed by atoms with Gasteiger partial charge in [-0.1, -0.05) is 24.3 Å². The summed E-state index contributed by atoms with van der Waals surface area (Å²) < 4.78 is 1.19. The molecule has 0 unspecified atom stereocenters. The van der Waals surface area contributed by atoms with Crippen LogP contribution < -0.4 is 0 Å². The predicted molar refractivity (Wildman–Crippen MR) is 69.8 cm³/mol. The van der Waals surface area contributed by atoms with E-state index in [-0.39, 0.29) is 0 Å². The Morgan fingerprint density at radius 1 is 1.00 bits per heavy atom. The van der Waals surface area contributed by atoms with Crippen molar-refractivity contribution in [3.63, 3.8) is 0 Å². The first-order valence-corrected chi connectivity index (χ1v) is 6.04. The van der Waals surface area contributed by atoms with Crippen molar-refractivity contribution in [3.8, 4) is 16.6 Å². The van der Waals surface area contributed by atoms with E-state index in [0.717, 1.165) is 16.1 Å². The van der Waals surface area contributed by atoms with E-state index in [4.69, 9.17) is 5.26 Å². The molecule has 0 N–H and O–H groups in total. The van der Waals surface area contributed by atoms with Crippen molar-refractivity contribution >= 4 is 21.6 Å². The van der Waals surface area contributed by atoms with Crippen LogP contribution in [0.4, 0.5) is 0 Å². The zero-order chi connectivity index (χ0) is 11.7. The van der Waals surface area contributed by atoms with Gasteiger partial charge in [-0.2, -0.15) is 5.26 Å². The van der Waals surface area contributed by atoms with Crippen LogP contribution in [-0.4, -0.2) is 4.98 Å². The third-order valence-corrected chi connectivity index (χ3v) is 3.64. The first-order chi connectivity index (χ1) is 8.36. The van der Waals surface area contributed by atoms with E-state index in [1.165, 1.54) is 4.70 Å². The van der Waals surface area contributed by atoms with Gasteiger partial charge >= 0.3 is 0 Å². The number of fused-ring (bicyclic) bond motifs is 1. The van der Waals surface area contributed by atoms with Gasteiger partial charge in [0.1, 0.15) is 5.01 Å². The molecule has 0 amide bonds. The summed E-state index contributed by atoms with van der Waals surface area (Å²) in [5, 5.41) is 9.75. The Balaban J connectivity index is 2.11. The lowest BCUT2D eigenvalue weighted by Crippen LogP contribution is -1.77. The summed E-state index contributed by atoms with van der Waals surface area (Å²) in [6.07, 6.45) is 0. The highest BCUT2D eigenvalue weighted by molar-refractivity contribution is 7.21. The number of hydrogen-bond donors (Lipinski definition) is 0. The van der Waals surface area contributed by atoms with Gasteiger partial charge in [-0.05, 0) is 24.3 Å². The molecule has 0 atom stereocenters. The fraction of sp³-hybridized carbons (Fsp3) is 0. The van der Waals surface area contributed by atoms with Crippen LogP contribution in [0.5, 0.6) is 0 Å². The van der Waals surface area contributed by atoms with Gasteiger partial charge in [0.15, 0.2) is 0 Å². The van der Waals surface area contributed by atoms with E-state index in [2.05, 4.69) is 17.1 Å². The summed E-state index contributed by atoms with van der Waals surface area (Å²) in [6.45, 7) is 0. The van der Waals surface area contributed by atoms with Crippen LogP contribution in [0.15, 0.2) is 48.5 Å². The van der Waals surface area contributed by atoms with Crippen molar-refractivity contribution < 1.29 is 0 Å². The fourth-order valence-corrected chi connectivity index (χ4v) is 2.65. The Hall–Kier alpha value is -2.18. The Kier molecular flexibility index (Phi) is 2.36. The first kappa shape index (κ1) is 10.0. The predicted octanol–water partition coefficient (Wildman–Crippen LogP) is 3.83. The molecule has 1 heterocycles. The summed E-state index contributed by atoms with van der Waals surface area (Å²) in [4.78, 5) is 4.57. The molecule has 2 nitrogen and oxygen atoms in total. The summed E-state index contributed by atoms with van der Waals surface area (Å²) in [5.74, 6) is 0. The number of hydrogen-bond acceptors (Lipinski definition) is 3. The number of benzene rings is 2. The summed E-state index contributed by atoms with van der Waals surface area (Å²) in [7, 11) is 0. The maximum absolute atomic E-state index is 8.75. The normalized spacial score (nSPS) is 10.3. The highest BCUT2D eigenvalue weighted by Gasteiger charge is 2.05. The lowest BCUT2D eigenvalue weighted by Gasteiger charge is -1.94. The Bertz CT molecular complexity index is 672. The minimum atomic E-state index is 0.676. The molecule has 0 aliphatic rings. The van der Waals surface area contributed by atoms with E-state index < -0.39 is 0 Å². The lowest BCUT2D eigenvalue weighted by molar-refractivity contribution is 1.46. The quantitative estimate of drug-likeness (QED) is 0.643.